The number of hydrogen-bond donors (Lipinski definition) is 1. The maximum absolute atomic E-state index is 5.68. The van der Waals surface area contributed by atoms with E-state index >= 15 is 0 Å². The molecule has 0 amide bonds. The molecule has 0 bridgehead atoms. The Kier molecular flexibility index (Phi) is 3.17. The van der Waals surface area contributed by atoms with Gasteiger partial charge in [0, 0.05) is 11.8 Å². The van der Waals surface area contributed by atoms with E-state index in [1.54, 1.807) is 18.3 Å². The minimum absolute atomic E-state index is 0.332. The van der Waals surface area contributed by atoms with Crippen LogP contribution in [-0.2, 0) is 5.41 Å². The number of pyridine rings is 1. The molecule has 0 radical (unpaired) electrons. The van der Waals surface area contributed by atoms with Crippen molar-refractivity contribution in [2.24, 2.45) is 0 Å². The normalized spacial score (nSPS) is 11.5. The quantitative estimate of drug-likeness (QED) is 0.797. The molecule has 2 N–H and O–H groups in total. The molecule has 3 aromatic rings. The zero-order valence-electron chi connectivity index (χ0n) is 11.9. The molecule has 5 nitrogen and oxygen atoms in total. The first-order valence-corrected chi connectivity index (χ1v) is 6.69. The van der Waals surface area contributed by atoms with E-state index in [1.165, 1.54) is 0 Å². The summed E-state index contributed by atoms with van der Waals surface area (Å²) in [5, 5.41) is 4.12. The van der Waals surface area contributed by atoms with Crippen molar-refractivity contribution in [1.29, 1.82) is 0 Å². The summed E-state index contributed by atoms with van der Waals surface area (Å²) in [4.78, 5) is 8.46. The number of nitrogen functional groups attached to an aromatic ring is 1. The fourth-order valence-corrected chi connectivity index (χ4v) is 2.16. The van der Waals surface area contributed by atoms with Crippen LogP contribution >= 0.6 is 0 Å². The first-order valence-electron chi connectivity index (χ1n) is 6.69. The Morgan fingerprint density at radius 1 is 1.10 bits per heavy atom. The highest BCUT2D eigenvalue weighted by Crippen LogP contribution is 2.30. The monoisotopic (exact) mass is 280 g/mol. The van der Waals surface area contributed by atoms with Gasteiger partial charge in [0.15, 0.2) is 5.82 Å². The average Bonchev–Trinajstić information content (AvgIpc) is 2.99. The summed E-state index contributed by atoms with van der Waals surface area (Å²) in [6, 6.07) is 13.6. The van der Waals surface area contributed by atoms with Gasteiger partial charge in [-0.3, -0.25) is 0 Å². The van der Waals surface area contributed by atoms with Crippen molar-refractivity contribution >= 4 is 5.82 Å². The van der Waals surface area contributed by atoms with E-state index in [4.69, 9.17) is 10.3 Å². The summed E-state index contributed by atoms with van der Waals surface area (Å²) in [6.45, 7) is 4.13. The molecule has 106 valence electrons. The Hall–Kier alpha value is -2.69. The van der Waals surface area contributed by atoms with Crippen LogP contribution in [-0.4, -0.2) is 15.1 Å². The van der Waals surface area contributed by atoms with Gasteiger partial charge in [0.25, 0.3) is 5.89 Å². The fourth-order valence-electron chi connectivity index (χ4n) is 2.16. The molecule has 2 heterocycles. The SMILES string of the molecule is CC(C)(c1ccccc1)c1noc(-c2ccnc(N)c2)n1. The Morgan fingerprint density at radius 3 is 2.57 bits per heavy atom. The topological polar surface area (TPSA) is 77.8 Å². The summed E-state index contributed by atoms with van der Waals surface area (Å²) >= 11 is 0. The summed E-state index contributed by atoms with van der Waals surface area (Å²) in [5.74, 6) is 1.51. The highest BCUT2D eigenvalue weighted by Gasteiger charge is 2.29. The van der Waals surface area contributed by atoms with Crippen molar-refractivity contribution in [3.8, 4) is 11.5 Å². The number of rotatable bonds is 3. The predicted octanol–water partition coefficient (Wildman–Crippen LogP) is 3.04. The molecule has 2 aromatic heterocycles. The largest absolute Gasteiger partial charge is 0.384 e. The lowest BCUT2D eigenvalue weighted by Gasteiger charge is -2.20. The lowest BCUT2D eigenvalue weighted by Crippen LogP contribution is -2.20. The second kappa shape index (κ2) is 5.01. The summed E-state index contributed by atoms with van der Waals surface area (Å²) < 4.78 is 5.37. The van der Waals surface area contributed by atoms with E-state index in [1.807, 2.05) is 18.2 Å². The van der Waals surface area contributed by atoms with Gasteiger partial charge in [-0.1, -0.05) is 35.5 Å². The Morgan fingerprint density at radius 2 is 1.86 bits per heavy atom. The van der Waals surface area contributed by atoms with Crippen LogP contribution in [0.4, 0.5) is 5.82 Å². The van der Waals surface area contributed by atoms with Crippen LogP contribution in [0.25, 0.3) is 11.5 Å². The van der Waals surface area contributed by atoms with Crippen molar-refractivity contribution in [2.75, 3.05) is 5.73 Å². The summed E-state index contributed by atoms with van der Waals surface area (Å²) in [6.07, 6.45) is 1.62. The molecule has 5 heteroatoms. The second-order valence-corrected chi connectivity index (χ2v) is 5.38. The van der Waals surface area contributed by atoms with Crippen LogP contribution in [0.1, 0.15) is 25.2 Å². The third-order valence-electron chi connectivity index (χ3n) is 3.51. The number of nitrogens with zero attached hydrogens (tertiary/aromatic N) is 3. The first-order chi connectivity index (χ1) is 10.1. The van der Waals surface area contributed by atoms with Gasteiger partial charge in [-0.15, -0.1) is 0 Å². The minimum Gasteiger partial charge on any atom is -0.384 e. The smallest absolute Gasteiger partial charge is 0.258 e. The molecule has 0 saturated heterocycles. The number of benzene rings is 1. The van der Waals surface area contributed by atoms with Gasteiger partial charge >= 0.3 is 0 Å². The minimum atomic E-state index is -0.332. The van der Waals surface area contributed by atoms with Gasteiger partial charge in [-0.05, 0) is 31.5 Å². The van der Waals surface area contributed by atoms with E-state index in [0.29, 0.717) is 17.5 Å². The molecule has 0 aliphatic heterocycles. The predicted molar refractivity (Wildman–Crippen MR) is 80.5 cm³/mol. The third-order valence-corrected chi connectivity index (χ3v) is 3.51. The molecule has 0 aliphatic rings. The lowest BCUT2D eigenvalue weighted by atomic mass is 9.84. The van der Waals surface area contributed by atoms with Gasteiger partial charge in [-0.25, -0.2) is 4.98 Å². The zero-order valence-corrected chi connectivity index (χ0v) is 11.9. The molecule has 0 aliphatic carbocycles. The molecule has 0 fully saturated rings. The molecular weight excluding hydrogens is 264 g/mol. The molecule has 0 saturated carbocycles. The maximum Gasteiger partial charge on any atom is 0.258 e. The van der Waals surface area contributed by atoms with Gasteiger partial charge in [0.1, 0.15) is 5.82 Å². The second-order valence-electron chi connectivity index (χ2n) is 5.38. The van der Waals surface area contributed by atoms with Gasteiger partial charge in [0.05, 0.1) is 5.41 Å². The Bertz CT molecular complexity index is 750. The van der Waals surface area contributed by atoms with Crippen molar-refractivity contribution in [3.05, 3.63) is 60.0 Å². The number of hydrogen-bond acceptors (Lipinski definition) is 5. The number of nitrogens with two attached hydrogens (primary N) is 1. The first kappa shape index (κ1) is 13.3. The summed E-state index contributed by atoms with van der Waals surface area (Å²) in [5.41, 5.74) is 7.25. The van der Waals surface area contributed by atoms with Gasteiger partial charge in [-0.2, -0.15) is 4.98 Å². The fraction of sp³-hybridized carbons (Fsp3) is 0.188. The third kappa shape index (κ3) is 2.50. The van der Waals surface area contributed by atoms with Crippen LogP contribution in [0.2, 0.25) is 0 Å². The van der Waals surface area contributed by atoms with Crippen LogP contribution < -0.4 is 5.73 Å². The van der Waals surface area contributed by atoms with Crippen molar-refractivity contribution in [1.82, 2.24) is 15.1 Å². The average molecular weight is 280 g/mol. The highest BCUT2D eigenvalue weighted by atomic mass is 16.5. The van der Waals surface area contributed by atoms with Gasteiger partial charge in [0.2, 0.25) is 0 Å². The molecule has 1 aromatic carbocycles. The molecule has 0 atom stereocenters. The van der Waals surface area contributed by atoms with Crippen LogP contribution in [0.3, 0.4) is 0 Å². The van der Waals surface area contributed by atoms with Crippen LogP contribution in [0.15, 0.2) is 53.2 Å². The van der Waals surface area contributed by atoms with Crippen molar-refractivity contribution < 1.29 is 4.52 Å². The van der Waals surface area contributed by atoms with E-state index in [-0.39, 0.29) is 5.41 Å². The number of anilines is 1. The molecule has 21 heavy (non-hydrogen) atoms. The summed E-state index contributed by atoms with van der Waals surface area (Å²) in [7, 11) is 0. The molecular formula is C16H16N4O. The number of aromatic nitrogens is 3. The lowest BCUT2D eigenvalue weighted by molar-refractivity contribution is 0.408. The molecule has 0 spiro atoms. The Balaban J connectivity index is 1.98. The molecule has 0 unspecified atom stereocenters. The van der Waals surface area contributed by atoms with E-state index < -0.39 is 0 Å². The molecule has 3 rings (SSSR count). The van der Waals surface area contributed by atoms with E-state index in [9.17, 15) is 0 Å². The van der Waals surface area contributed by atoms with Crippen LogP contribution in [0, 0.1) is 0 Å². The zero-order chi connectivity index (χ0) is 14.9. The Labute approximate surface area is 122 Å². The van der Waals surface area contributed by atoms with Crippen molar-refractivity contribution in [3.63, 3.8) is 0 Å². The highest BCUT2D eigenvalue weighted by molar-refractivity contribution is 5.56. The maximum atomic E-state index is 5.68. The van der Waals surface area contributed by atoms with Crippen LogP contribution in [0.5, 0.6) is 0 Å². The van der Waals surface area contributed by atoms with Gasteiger partial charge < -0.3 is 10.3 Å². The van der Waals surface area contributed by atoms with E-state index in [0.717, 1.165) is 11.1 Å². The van der Waals surface area contributed by atoms with E-state index in [2.05, 4.69) is 41.1 Å². The standard InChI is InChI=1S/C16H16N4O/c1-16(2,12-6-4-3-5-7-12)15-19-14(21-20-15)11-8-9-18-13(17)10-11/h3-10H,1-2H3,(H2,17,18). The van der Waals surface area contributed by atoms with Crippen molar-refractivity contribution in [2.45, 2.75) is 19.3 Å².